The van der Waals surface area contributed by atoms with Gasteiger partial charge in [-0.3, -0.25) is 9.59 Å². The number of carbonyl (C=O) groups excluding carboxylic acids is 2. The van der Waals surface area contributed by atoms with Crippen molar-refractivity contribution in [2.24, 2.45) is 5.92 Å². The number of nitrogens with zero attached hydrogens (tertiary/aromatic N) is 2. The molecule has 2 rings (SSSR count). The minimum absolute atomic E-state index is 0.0530. The summed E-state index contributed by atoms with van der Waals surface area (Å²) < 4.78 is 6.56. The maximum absolute atomic E-state index is 12.2. The van der Waals surface area contributed by atoms with Gasteiger partial charge in [-0.2, -0.15) is 5.10 Å². The van der Waals surface area contributed by atoms with Crippen LogP contribution in [0.1, 0.15) is 49.4 Å². The fraction of sp³-hybridized carbons (Fsp3) is 0.400. The molecule has 8 heteroatoms. The van der Waals surface area contributed by atoms with Gasteiger partial charge >= 0.3 is 11.9 Å². The third-order valence-electron chi connectivity index (χ3n) is 3.83. The van der Waals surface area contributed by atoms with Crippen LogP contribution in [-0.4, -0.2) is 38.3 Å². The molecule has 1 amide bonds. The molecule has 1 unspecified atom stereocenters. The van der Waals surface area contributed by atoms with Crippen LogP contribution in [0, 0.1) is 12.8 Å². The van der Waals surface area contributed by atoms with E-state index < -0.39 is 29.4 Å². The number of aromatic carboxylic acids is 1. The lowest BCUT2D eigenvalue weighted by Crippen LogP contribution is -2.37. The Labute approximate surface area is 163 Å². The van der Waals surface area contributed by atoms with Gasteiger partial charge in [0, 0.05) is 6.54 Å². The van der Waals surface area contributed by atoms with Crippen molar-refractivity contribution in [1.82, 2.24) is 15.1 Å². The van der Waals surface area contributed by atoms with E-state index in [1.54, 1.807) is 52.0 Å². The van der Waals surface area contributed by atoms with Crippen molar-refractivity contribution in [3.05, 3.63) is 47.3 Å². The summed E-state index contributed by atoms with van der Waals surface area (Å²) in [4.78, 5) is 35.6. The number of hydrogen-bond donors (Lipinski definition) is 2. The first-order valence-electron chi connectivity index (χ1n) is 8.88. The highest BCUT2D eigenvalue weighted by molar-refractivity contribution is 5.97. The molecule has 2 aromatic rings. The van der Waals surface area contributed by atoms with Crippen molar-refractivity contribution in [2.75, 3.05) is 0 Å². The maximum atomic E-state index is 12.2. The Morgan fingerprint density at radius 3 is 2.54 bits per heavy atom. The zero-order valence-electron chi connectivity index (χ0n) is 16.6. The second-order valence-corrected chi connectivity index (χ2v) is 7.53. The van der Waals surface area contributed by atoms with Gasteiger partial charge in [0.2, 0.25) is 5.91 Å². The average molecular weight is 387 g/mol. The van der Waals surface area contributed by atoms with Gasteiger partial charge in [-0.1, -0.05) is 12.1 Å². The number of ether oxygens (including phenoxy) is 1. The Hall–Kier alpha value is -3.16. The molecule has 1 atom stereocenters. The number of nitrogens with one attached hydrogen (secondary N) is 1. The Kier molecular flexibility index (Phi) is 6.23. The highest BCUT2D eigenvalue weighted by Gasteiger charge is 2.27. The minimum atomic E-state index is -1.08. The van der Waals surface area contributed by atoms with Crippen molar-refractivity contribution in [1.29, 1.82) is 0 Å². The molecular formula is C20H25N3O5. The van der Waals surface area contributed by atoms with Crippen LogP contribution in [0.2, 0.25) is 0 Å². The smallest absolute Gasteiger partial charge is 0.354 e. The van der Waals surface area contributed by atoms with Crippen molar-refractivity contribution in [2.45, 2.75) is 46.8 Å². The molecule has 1 aromatic carbocycles. The molecule has 1 aromatic heterocycles. The highest BCUT2D eigenvalue weighted by Crippen LogP contribution is 2.15. The van der Waals surface area contributed by atoms with Gasteiger partial charge in [0.05, 0.1) is 11.4 Å². The molecule has 1 heterocycles. The van der Waals surface area contributed by atoms with Crippen molar-refractivity contribution < 1.29 is 24.2 Å². The highest BCUT2D eigenvalue weighted by atomic mass is 16.6. The summed E-state index contributed by atoms with van der Waals surface area (Å²) in [5.74, 6) is -3.04. The molecule has 0 bridgehead atoms. The number of carboxylic acids is 1. The van der Waals surface area contributed by atoms with Crippen LogP contribution >= 0.6 is 0 Å². The first-order valence-corrected chi connectivity index (χ1v) is 8.88. The van der Waals surface area contributed by atoms with Crippen molar-refractivity contribution in [3.63, 3.8) is 0 Å². The molecule has 0 radical (unpaired) electrons. The fourth-order valence-electron chi connectivity index (χ4n) is 2.49. The van der Waals surface area contributed by atoms with Gasteiger partial charge < -0.3 is 15.2 Å². The predicted molar refractivity (Wildman–Crippen MR) is 102 cm³/mol. The number of benzene rings is 1. The number of amides is 1. The maximum Gasteiger partial charge on any atom is 0.354 e. The number of hydrogen-bond acceptors (Lipinski definition) is 5. The Morgan fingerprint density at radius 2 is 1.93 bits per heavy atom. The van der Waals surface area contributed by atoms with Gasteiger partial charge in [0.25, 0.3) is 0 Å². The molecule has 0 spiro atoms. The summed E-state index contributed by atoms with van der Waals surface area (Å²) in [6.45, 7) is 8.61. The molecule has 0 fully saturated rings. The first-order chi connectivity index (χ1) is 13.0. The van der Waals surface area contributed by atoms with Crippen LogP contribution in [0.15, 0.2) is 30.3 Å². The van der Waals surface area contributed by atoms with E-state index >= 15 is 0 Å². The third-order valence-corrected chi connectivity index (χ3v) is 3.83. The van der Waals surface area contributed by atoms with Crippen LogP contribution in [0.5, 0.6) is 0 Å². The molecule has 0 aliphatic carbocycles. The number of carbonyl (C=O) groups is 3. The predicted octanol–water partition coefficient (Wildman–Crippen LogP) is 2.47. The van der Waals surface area contributed by atoms with Crippen LogP contribution in [0.4, 0.5) is 0 Å². The lowest BCUT2D eigenvalue weighted by Gasteiger charge is -2.22. The summed E-state index contributed by atoms with van der Waals surface area (Å²) in [6, 6.07) is 8.49. The number of aromatic nitrogens is 2. The summed E-state index contributed by atoms with van der Waals surface area (Å²) >= 11 is 0. The van der Waals surface area contributed by atoms with E-state index in [2.05, 4.69) is 10.4 Å². The lowest BCUT2D eigenvalue weighted by atomic mass is 10.1. The normalized spacial score (nSPS) is 12.3. The van der Waals surface area contributed by atoms with E-state index in [0.29, 0.717) is 11.4 Å². The first kappa shape index (κ1) is 21.1. The Bertz CT molecular complexity index is 895. The summed E-state index contributed by atoms with van der Waals surface area (Å²) in [6.07, 6.45) is 0. The van der Waals surface area contributed by atoms with Gasteiger partial charge in [0.1, 0.15) is 11.5 Å². The van der Waals surface area contributed by atoms with Crippen molar-refractivity contribution in [3.8, 4) is 5.69 Å². The van der Waals surface area contributed by atoms with Crippen LogP contribution < -0.4 is 5.32 Å². The number of esters is 1. The van der Waals surface area contributed by atoms with E-state index in [9.17, 15) is 19.5 Å². The zero-order chi connectivity index (χ0) is 21.1. The Morgan fingerprint density at radius 1 is 1.25 bits per heavy atom. The molecule has 0 saturated heterocycles. The molecule has 0 aliphatic heterocycles. The van der Waals surface area contributed by atoms with E-state index in [0.717, 1.165) is 5.56 Å². The van der Waals surface area contributed by atoms with E-state index in [1.165, 1.54) is 17.7 Å². The van der Waals surface area contributed by atoms with Crippen molar-refractivity contribution >= 4 is 17.8 Å². The van der Waals surface area contributed by atoms with Gasteiger partial charge in [-0.25, -0.2) is 9.48 Å². The molecule has 0 saturated carbocycles. The zero-order valence-corrected chi connectivity index (χ0v) is 16.6. The quantitative estimate of drug-likeness (QED) is 0.582. The SMILES string of the molecule is Cc1cc(C(=O)O)n(-c2cccc(CNC(=O)C(C)C(=O)OC(C)(C)C)c2)n1. The number of aryl methyl sites for hydroxylation is 1. The van der Waals surface area contributed by atoms with E-state index in [4.69, 9.17) is 4.74 Å². The lowest BCUT2D eigenvalue weighted by molar-refractivity contribution is -0.161. The summed E-state index contributed by atoms with van der Waals surface area (Å²) in [5.41, 5.74) is 1.28. The fourth-order valence-corrected chi connectivity index (χ4v) is 2.49. The number of rotatable bonds is 6. The van der Waals surface area contributed by atoms with E-state index in [1.807, 2.05) is 0 Å². The summed E-state index contributed by atoms with van der Waals surface area (Å²) in [5, 5.41) is 16.2. The van der Waals surface area contributed by atoms with Gasteiger partial charge in [-0.05, 0) is 58.4 Å². The largest absolute Gasteiger partial charge is 0.477 e. The molecule has 2 N–H and O–H groups in total. The Balaban J connectivity index is 2.09. The van der Waals surface area contributed by atoms with Crippen LogP contribution in [0.3, 0.4) is 0 Å². The van der Waals surface area contributed by atoms with Gasteiger partial charge in [0.15, 0.2) is 5.69 Å². The third kappa shape index (κ3) is 5.42. The standard InChI is InChI=1S/C20H25N3O5/c1-12-9-16(18(25)26)23(22-12)15-8-6-7-14(10-15)11-21-17(24)13(2)19(27)28-20(3,4)5/h6-10,13H,11H2,1-5H3,(H,21,24)(H,25,26). The number of carboxylic acid groups (broad SMARTS) is 1. The molecular weight excluding hydrogens is 362 g/mol. The van der Waals surface area contributed by atoms with Crippen LogP contribution in [0.25, 0.3) is 5.69 Å². The summed E-state index contributed by atoms with van der Waals surface area (Å²) in [7, 11) is 0. The second kappa shape index (κ2) is 8.24. The minimum Gasteiger partial charge on any atom is -0.477 e. The molecule has 8 nitrogen and oxygen atoms in total. The second-order valence-electron chi connectivity index (χ2n) is 7.53. The molecule has 0 aliphatic rings. The molecule has 28 heavy (non-hydrogen) atoms. The topological polar surface area (TPSA) is 111 Å². The van der Waals surface area contributed by atoms with Gasteiger partial charge in [-0.15, -0.1) is 0 Å². The average Bonchev–Trinajstić information content (AvgIpc) is 3.00. The van der Waals surface area contributed by atoms with Crippen LogP contribution in [-0.2, 0) is 20.9 Å². The molecule has 150 valence electrons. The van der Waals surface area contributed by atoms with E-state index in [-0.39, 0.29) is 12.2 Å². The monoisotopic (exact) mass is 387 g/mol.